The van der Waals surface area contributed by atoms with Gasteiger partial charge in [0.25, 0.3) is 0 Å². The van der Waals surface area contributed by atoms with Crippen LogP contribution in [0.1, 0.15) is 25.5 Å². The Bertz CT molecular complexity index is 330. The van der Waals surface area contributed by atoms with Gasteiger partial charge in [0, 0.05) is 17.6 Å². The average molecular weight is 215 g/mol. The largest absolute Gasteiger partial charge is 0.395 e. The van der Waals surface area contributed by atoms with Gasteiger partial charge in [-0.1, -0.05) is 12.1 Å². The van der Waals surface area contributed by atoms with Crippen molar-refractivity contribution >= 4 is 0 Å². The highest BCUT2D eigenvalue weighted by molar-refractivity contribution is 5.22. The molecule has 2 nitrogen and oxygen atoms in total. The van der Waals surface area contributed by atoms with Crippen LogP contribution in [0.4, 0.5) is 8.78 Å². The lowest BCUT2D eigenvalue weighted by atomic mass is 10.1. The first-order chi connectivity index (χ1) is 7.06. The first-order valence-electron chi connectivity index (χ1n) is 4.87. The van der Waals surface area contributed by atoms with E-state index in [0.29, 0.717) is 0 Å². The second kappa shape index (κ2) is 5.19. The molecule has 15 heavy (non-hydrogen) atoms. The van der Waals surface area contributed by atoms with Crippen LogP contribution in [0.5, 0.6) is 0 Å². The van der Waals surface area contributed by atoms with Crippen LogP contribution in [0, 0.1) is 11.6 Å². The Kier molecular flexibility index (Phi) is 4.17. The van der Waals surface area contributed by atoms with Gasteiger partial charge in [-0.25, -0.2) is 8.78 Å². The molecule has 0 bridgehead atoms. The van der Waals surface area contributed by atoms with Crippen molar-refractivity contribution in [3.63, 3.8) is 0 Å². The van der Waals surface area contributed by atoms with E-state index in [0.717, 1.165) is 6.07 Å². The number of halogens is 2. The van der Waals surface area contributed by atoms with Gasteiger partial charge >= 0.3 is 0 Å². The fourth-order valence-electron chi connectivity index (χ4n) is 1.42. The first kappa shape index (κ1) is 12.1. The summed E-state index contributed by atoms with van der Waals surface area (Å²) < 4.78 is 26.2. The predicted octanol–water partition coefficient (Wildman–Crippen LogP) is 2.00. The molecule has 1 aromatic rings. The van der Waals surface area contributed by atoms with Crippen LogP contribution < -0.4 is 5.32 Å². The highest BCUT2D eigenvalue weighted by atomic mass is 19.2. The molecule has 2 unspecified atom stereocenters. The number of hydrogen-bond acceptors (Lipinski definition) is 2. The van der Waals surface area contributed by atoms with Gasteiger partial charge in [-0.05, 0) is 19.9 Å². The summed E-state index contributed by atoms with van der Waals surface area (Å²) in [6.45, 7) is 3.46. The molecule has 4 heteroatoms. The number of nitrogens with one attached hydrogen (secondary N) is 1. The Hall–Kier alpha value is -1.00. The van der Waals surface area contributed by atoms with Crippen molar-refractivity contribution in [2.24, 2.45) is 0 Å². The SMILES string of the molecule is CC(CO)NC(C)c1cccc(F)c1F. The van der Waals surface area contributed by atoms with E-state index >= 15 is 0 Å². The van der Waals surface area contributed by atoms with E-state index in [-0.39, 0.29) is 24.3 Å². The number of rotatable bonds is 4. The van der Waals surface area contributed by atoms with Crippen LogP contribution in [0.15, 0.2) is 18.2 Å². The highest BCUT2D eigenvalue weighted by Gasteiger charge is 2.15. The molecule has 2 atom stereocenters. The molecule has 0 aliphatic carbocycles. The van der Waals surface area contributed by atoms with Gasteiger partial charge in [-0.2, -0.15) is 0 Å². The van der Waals surface area contributed by atoms with Gasteiger partial charge < -0.3 is 10.4 Å². The summed E-state index contributed by atoms with van der Waals surface area (Å²) in [4.78, 5) is 0. The van der Waals surface area contributed by atoms with Crippen LogP contribution in [0.25, 0.3) is 0 Å². The van der Waals surface area contributed by atoms with Crippen molar-refractivity contribution in [2.45, 2.75) is 25.9 Å². The summed E-state index contributed by atoms with van der Waals surface area (Å²) >= 11 is 0. The summed E-state index contributed by atoms with van der Waals surface area (Å²) in [5.41, 5.74) is 0.273. The number of aliphatic hydroxyl groups is 1. The lowest BCUT2D eigenvalue weighted by molar-refractivity contribution is 0.242. The van der Waals surface area contributed by atoms with E-state index in [2.05, 4.69) is 5.32 Å². The van der Waals surface area contributed by atoms with Crippen LogP contribution in [0.3, 0.4) is 0 Å². The Balaban J connectivity index is 2.82. The summed E-state index contributed by atoms with van der Waals surface area (Å²) in [5, 5.41) is 11.8. The Morgan fingerprint density at radius 3 is 2.60 bits per heavy atom. The molecular formula is C11H15F2NO. The maximum absolute atomic E-state index is 13.3. The summed E-state index contributed by atoms with van der Waals surface area (Å²) in [7, 11) is 0. The molecule has 84 valence electrons. The van der Waals surface area contributed by atoms with E-state index < -0.39 is 11.6 Å². The quantitative estimate of drug-likeness (QED) is 0.805. The molecule has 0 radical (unpaired) electrons. The third kappa shape index (κ3) is 2.97. The lowest BCUT2D eigenvalue weighted by Gasteiger charge is -2.19. The van der Waals surface area contributed by atoms with Crippen molar-refractivity contribution in [3.05, 3.63) is 35.4 Å². The van der Waals surface area contributed by atoms with Crippen LogP contribution in [0.2, 0.25) is 0 Å². The first-order valence-corrected chi connectivity index (χ1v) is 4.87. The summed E-state index contributed by atoms with van der Waals surface area (Å²) in [6.07, 6.45) is 0. The van der Waals surface area contributed by atoms with Crippen molar-refractivity contribution in [2.75, 3.05) is 6.61 Å². The van der Waals surface area contributed by atoms with Gasteiger partial charge in [0.1, 0.15) is 0 Å². The zero-order valence-corrected chi connectivity index (χ0v) is 8.80. The van der Waals surface area contributed by atoms with E-state index in [4.69, 9.17) is 5.11 Å². The molecular weight excluding hydrogens is 200 g/mol. The molecule has 0 fully saturated rings. The average Bonchev–Trinajstić information content (AvgIpc) is 2.21. The van der Waals surface area contributed by atoms with Gasteiger partial charge in [0.05, 0.1) is 6.61 Å². The van der Waals surface area contributed by atoms with Crippen molar-refractivity contribution in [1.82, 2.24) is 5.32 Å². The summed E-state index contributed by atoms with van der Waals surface area (Å²) in [6, 6.07) is 3.60. The molecule has 0 saturated heterocycles. The molecule has 0 saturated carbocycles. The zero-order valence-electron chi connectivity index (χ0n) is 8.80. The smallest absolute Gasteiger partial charge is 0.163 e. The minimum absolute atomic E-state index is 0.0404. The topological polar surface area (TPSA) is 32.3 Å². The molecule has 0 spiro atoms. The lowest BCUT2D eigenvalue weighted by Crippen LogP contribution is -2.32. The number of benzene rings is 1. The third-order valence-corrected chi connectivity index (χ3v) is 2.26. The van der Waals surface area contributed by atoms with Gasteiger partial charge in [-0.15, -0.1) is 0 Å². The molecule has 1 aromatic carbocycles. The molecule has 0 amide bonds. The second-order valence-corrected chi connectivity index (χ2v) is 3.62. The Labute approximate surface area is 87.9 Å². The van der Waals surface area contributed by atoms with E-state index in [1.807, 2.05) is 0 Å². The van der Waals surface area contributed by atoms with Crippen molar-refractivity contribution in [1.29, 1.82) is 0 Å². The van der Waals surface area contributed by atoms with Crippen LogP contribution in [-0.2, 0) is 0 Å². The molecule has 2 N–H and O–H groups in total. The van der Waals surface area contributed by atoms with Gasteiger partial charge in [0.2, 0.25) is 0 Å². The van der Waals surface area contributed by atoms with Crippen molar-refractivity contribution < 1.29 is 13.9 Å². The van der Waals surface area contributed by atoms with E-state index in [9.17, 15) is 8.78 Å². The van der Waals surface area contributed by atoms with Crippen molar-refractivity contribution in [3.8, 4) is 0 Å². The fourth-order valence-corrected chi connectivity index (χ4v) is 1.42. The van der Waals surface area contributed by atoms with Gasteiger partial charge in [0.15, 0.2) is 11.6 Å². The van der Waals surface area contributed by atoms with E-state index in [1.165, 1.54) is 12.1 Å². The molecule has 0 aromatic heterocycles. The highest BCUT2D eigenvalue weighted by Crippen LogP contribution is 2.19. The maximum atomic E-state index is 13.3. The predicted molar refractivity (Wildman–Crippen MR) is 54.5 cm³/mol. The molecule has 1 rings (SSSR count). The van der Waals surface area contributed by atoms with Crippen LogP contribution in [-0.4, -0.2) is 17.8 Å². The third-order valence-electron chi connectivity index (χ3n) is 2.26. The Morgan fingerprint density at radius 2 is 2.00 bits per heavy atom. The van der Waals surface area contributed by atoms with E-state index in [1.54, 1.807) is 13.8 Å². The van der Waals surface area contributed by atoms with Crippen LogP contribution >= 0.6 is 0 Å². The Morgan fingerprint density at radius 1 is 1.33 bits per heavy atom. The normalized spacial score (nSPS) is 15.0. The minimum atomic E-state index is -0.849. The number of aliphatic hydroxyl groups excluding tert-OH is 1. The fraction of sp³-hybridized carbons (Fsp3) is 0.455. The standard InChI is InChI=1S/C11H15F2NO/c1-7(6-15)14-8(2)9-4-3-5-10(12)11(9)13/h3-5,7-8,14-15H,6H2,1-2H3. The zero-order chi connectivity index (χ0) is 11.4. The minimum Gasteiger partial charge on any atom is -0.395 e. The number of hydrogen-bond donors (Lipinski definition) is 2. The van der Waals surface area contributed by atoms with Gasteiger partial charge in [-0.3, -0.25) is 0 Å². The molecule has 0 aliphatic heterocycles. The summed E-state index contributed by atoms with van der Waals surface area (Å²) in [5.74, 6) is -1.68. The molecule has 0 aliphatic rings. The second-order valence-electron chi connectivity index (χ2n) is 3.62. The monoisotopic (exact) mass is 215 g/mol. The molecule has 0 heterocycles. The maximum Gasteiger partial charge on any atom is 0.163 e.